The number of aryl methyl sites for hydroxylation is 1. The summed E-state index contributed by atoms with van der Waals surface area (Å²) in [4.78, 5) is 44.5. The molecule has 4 heterocycles. The number of aromatic nitrogens is 2. The maximum absolute atomic E-state index is 12.5. The lowest BCUT2D eigenvalue weighted by molar-refractivity contribution is -0.120. The van der Waals surface area contributed by atoms with Gasteiger partial charge in [-0.3, -0.25) is 15.0 Å². The lowest BCUT2D eigenvalue weighted by atomic mass is 9.67. The summed E-state index contributed by atoms with van der Waals surface area (Å²) in [6, 6.07) is 2.02. The molecular formula is C27H37N5O4. The van der Waals surface area contributed by atoms with E-state index in [2.05, 4.69) is 23.0 Å². The van der Waals surface area contributed by atoms with Gasteiger partial charge in [-0.2, -0.15) is 0 Å². The number of amides is 4. The molecule has 5 rings (SSSR count). The Morgan fingerprint density at radius 1 is 1.11 bits per heavy atom. The SMILES string of the molecule is Cc1cn(C2CCC3(CC2)CCN(C(=O)OC(C)(C)C)CC3)c2ncc(N3CCC(=O)NC3=O)cc12. The number of urea groups is 1. The van der Waals surface area contributed by atoms with Gasteiger partial charge in [0, 0.05) is 43.7 Å². The van der Waals surface area contributed by atoms with Crippen molar-refractivity contribution in [2.45, 2.75) is 84.3 Å². The number of carbonyl (C=O) groups excluding carboxylic acids is 3. The Balaban J connectivity index is 1.24. The number of hydrogen-bond acceptors (Lipinski definition) is 5. The molecule has 0 atom stereocenters. The molecule has 36 heavy (non-hydrogen) atoms. The number of nitrogens with one attached hydrogen (secondary N) is 1. The summed E-state index contributed by atoms with van der Waals surface area (Å²) in [5.74, 6) is -0.238. The van der Waals surface area contributed by atoms with Gasteiger partial charge in [-0.05, 0) is 83.3 Å². The van der Waals surface area contributed by atoms with Crippen molar-refractivity contribution in [3.05, 3.63) is 24.0 Å². The van der Waals surface area contributed by atoms with E-state index < -0.39 is 5.60 Å². The summed E-state index contributed by atoms with van der Waals surface area (Å²) in [6.45, 7) is 9.72. The van der Waals surface area contributed by atoms with Crippen LogP contribution in [0.25, 0.3) is 11.0 Å². The highest BCUT2D eigenvalue weighted by Crippen LogP contribution is 2.48. The zero-order valence-corrected chi connectivity index (χ0v) is 21.8. The number of ether oxygens (including phenoxy) is 1. The molecule has 2 aromatic rings. The highest BCUT2D eigenvalue weighted by molar-refractivity contribution is 6.06. The van der Waals surface area contributed by atoms with E-state index in [1.54, 1.807) is 11.1 Å². The topological polar surface area (TPSA) is 96.8 Å². The van der Waals surface area contributed by atoms with Gasteiger partial charge in [0.05, 0.1) is 11.9 Å². The van der Waals surface area contributed by atoms with Crippen molar-refractivity contribution in [2.75, 3.05) is 24.5 Å². The Morgan fingerprint density at radius 3 is 2.44 bits per heavy atom. The second-order valence-electron chi connectivity index (χ2n) is 11.7. The molecule has 1 spiro atoms. The molecule has 3 fully saturated rings. The monoisotopic (exact) mass is 495 g/mol. The van der Waals surface area contributed by atoms with E-state index >= 15 is 0 Å². The van der Waals surface area contributed by atoms with Gasteiger partial charge in [-0.15, -0.1) is 0 Å². The first kappa shape index (κ1) is 24.6. The van der Waals surface area contributed by atoms with Crippen LogP contribution in [0.2, 0.25) is 0 Å². The molecule has 2 aliphatic heterocycles. The second-order valence-corrected chi connectivity index (χ2v) is 11.7. The summed E-state index contributed by atoms with van der Waals surface area (Å²) >= 11 is 0. The predicted molar refractivity (Wildman–Crippen MR) is 137 cm³/mol. The van der Waals surface area contributed by atoms with Gasteiger partial charge in [0.1, 0.15) is 11.2 Å². The number of anilines is 1. The standard InChI is InChI=1S/C27H37N5O4/c1-18-17-32(23-21(18)15-20(16-28-23)31-12-7-22(33)29-24(31)34)19-5-8-27(9-6-19)10-13-30(14-11-27)25(35)36-26(2,3)4/h15-17,19H,5-14H2,1-4H3,(H,29,33,34). The van der Waals surface area contributed by atoms with Crippen LogP contribution in [0.5, 0.6) is 0 Å². The van der Waals surface area contributed by atoms with E-state index in [9.17, 15) is 14.4 Å². The molecule has 1 N–H and O–H groups in total. The minimum atomic E-state index is -0.462. The Hall–Kier alpha value is -3.10. The fourth-order valence-corrected chi connectivity index (χ4v) is 6.00. The van der Waals surface area contributed by atoms with E-state index in [0.29, 0.717) is 30.1 Å². The third-order valence-corrected chi connectivity index (χ3v) is 8.10. The molecule has 0 unspecified atom stereocenters. The number of hydrogen-bond donors (Lipinski definition) is 1. The molecule has 2 saturated heterocycles. The number of nitrogens with zero attached hydrogens (tertiary/aromatic N) is 4. The lowest BCUT2D eigenvalue weighted by Gasteiger charge is -2.46. The van der Waals surface area contributed by atoms with Gasteiger partial charge < -0.3 is 14.2 Å². The summed E-state index contributed by atoms with van der Waals surface area (Å²) in [6.07, 6.45) is 10.6. The largest absolute Gasteiger partial charge is 0.444 e. The number of carbonyl (C=O) groups is 3. The minimum Gasteiger partial charge on any atom is -0.444 e. The molecule has 2 aromatic heterocycles. The van der Waals surface area contributed by atoms with Gasteiger partial charge in [0.15, 0.2) is 0 Å². The van der Waals surface area contributed by atoms with Crippen molar-refractivity contribution in [1.82, 2.24) is 19.8 Å². The highest BCUT2D eigenvalue weighted by Gasteiger charge is 2.40. The number of rotatable bonds is 2. The maximum Gasteiger partial charge on any atom is 0.410 e. The van der Waals surface area contributed by atoms with Gasteiger partial charge in [0.25, 0.3) is 0 Å². The van der Waals surface area contributed by atoms with Crippen LogP contribution >= 0.6 is 0 Å². The number of piperidine rings is 1. The molecule has 1 aliphatic carbocycles. The van der Waals surface area contributed by atoms with Gasteiger partial charge in [-0.25, -0.2) is 14.6 Å². The van der Waals surface area contributed by atoms with Crippen LogP contribution in [-0.2, 0) is 9.53 Å². The van der Waals surface area contributed by atoms with Crippen LogP contribution in [0, 0.1) is 12.3 Å². The van der Waals surface area contributed by atoms with Crippen LogP contribution in [0.4, 0.5) is 15.3 Å². The third-order valence-electron chi connectivity index (χ3n) is 8.10. The third kappa shape index (κ3) is 4.80. The maximum atomic E-state index is 12.5. The quantitative estimate of drug-likeness (QED) is 0.638. The van der Waals surface area contributed by atoms with Crippen molar-refractivity contribution >= 4 is 34.8 Å². The molecule has 0 bridgehead atoms. The van der Waals surface area contributed by atoms with Crippen LogP contribution in [0.1, 0.15) is 77.3 Å². The van der Waals surface area contributed by atoms with Crippen molar-refractivity contribution < 1.29 is 19.1 Å². The van der Waals surface area contributed by atoms with Crippen molar-refractivity contribution in [2.24, 2.45) is 5.41 Å². The fourth-order valence-electron chi connectivity index (χ4n) is 6.00. The number of likely N-dealkylation sites (tertiary alicyclic amines) is 1. The molecule has 9 nitrogen and oxygen atoms in total. The summed E-state index contributed by atoms with van der Waals surface area (Å²) < 4.78 is 7.88. The van der Waals surface area contributed by atoms with Crippen LogP contribution in [0.3, 0.4) is 0 Å². The molecule has 194 valence electrons. The zero-order chi connectivity index (χ0) is 25.7. The lowest BCUT2D eigenvalue weighted by Crippen LogP contribution is -2.49. The molecular weight excluding hydrogens is 458 g/mol. The molecule has 1 saturated carbocycles. The zero-order valence-electron chi connectivity index (χ0n) is 21.8. The smallest absolute Gasteiger partial charge is 0.410 e. The highest BCUT2D eigenvalue weighted by atomic mass is 16.6. The first-order valence-corrected chi connectivity index (χ1v) is 13.1. The normalized spacial score (nSPS) is 21.2. The Bertz CT molecular complexity index is 1180. The Kier molecular flexibility index (Phi) is 6.21. The molecule has 0 aromatic carbocycles. The van der Waals surface area contributed by atoms with Crippen LogP contribution < -0.4 is 10.2 Å². The van der Waals surface area contributed by atoms with E-state index in [0.717, 1.165) is 68.2 Å². The van der Waals surface area contributed by atoms with Crippen LogP contribution in [-0.4, -0.2) is 57.7 Å². The van der Waals surface area contributed by atoms with Crippen LogP contribution in [0.15, 0.2) is 18.5 Å². The van der Waals surface area contributed by atoms with E-state index in [1.807, 2.05) is 31.7 Å². The number of imide groups is 1. The Morgan fingerprint density at radius 2 is 1.81 bits per heavy atom. The minimum absolute atomic E-state index is 0.195. The fraction of sp³-hybridized carbons (Fsp3) is 0.630. The molecule has 3 aliphatic rings. The van der Waals surface area contributed by atoms with E-state index in [1.165, 1.54) is 0 Å². The van der Waals surface area contributed by atoms with Crippen molar-refractivity contribution in [3.8, 4) is 0 Å². The van der Waals surface area contributed by atoms with Crippen molar-refractivity contribution in [1.29, 1.82) is 0 Å². The van der Waals surface area contributed by atoms with E-state index in [4.69, 9.17) is 9.72 Å². The van der Waals surface area contributed by atoms with Gasteiger partial charge in [0.2, 0.25) is 5.91 Å². The number of fused-ring (bicyclic) bond motifs is 1. The summed E-state index contributed by atoms with van der Waals surface area (Å²) in [5.41, 5.74) is 2.65. The van der Waals surface area contributed by atoms with Gasteiger partial charge in [-0.1, -0.05) is 0 Å². The molecule has 9 heteroatoms. The summed E-state index contributed by atoms with van der Waals surface area (Å²) in [5, 5.41) is 3.43. The van der Waals surface area contributed by atoms with Crippen molar-refractivity contribution in [3.63, 3.8) is 0 Å². The second kappa shape index (κ2) is 9.09. The molecule has 4 amide bonds. The van der Waals surface area contributed by atoms with Gasteiger partial charge >= 0.3 is 12.1 Å². The number of pyridine rings is 1. The summed E-state index contributed by atoms with van der Waals surface area (Å²) in [7, 11) is 0. The average Bonchev–Trinajstić information content (AvgIpc) is 3.15. The first-order valence-electron chi connectivity index (χ1n) is 13.1. The predicted octanol–water partition coefficient (Wildman–Crippen LogP) is 4.92. The first-order chi connectivity index (χ1) is 17.0. The molecule has 0 radical (unpaired) electrons. The Labute approximate surface area is 212 Å². The van der Waals surface area contributed by atoms with E-state index in [-0.39, 0.29) is 18.0 Å². The average molecular weight is 496 g/mol.